The lowest BCUT2D eigenvalue weighted by Crippen LogP contribution is -2.41. The molecular weight excluding hydrogens is 368 g/mol. The number of carbonyl (C=O) groups excluding carboxylic acids is 2. The van der Waals surface area contributed by atoms with E-state index in [-0.39, 0.29) is 29.6 Å². The normalized spacial score (nSPS) is 15.2. The van der Waals surface area contributed by atoms with Crippen molar-refractivity contribution in [3.8, 4) is 0 Å². The van der Waals surface area contributed by atoms with E-state index < -0.39 is 5.97 Å². The third kappa shape index (κ3) is 5.05. The summed E-state index contributed by atoms with van der Waals surface area (Å²) in [5.74, 6) is -0.237. The third-order valence-corrected chi connectivity index (χ3v) is 5.53. The first-order valence-electron chi connectivity index (χ1n) is 10.2. The van der Waals surface area contributed by atoms with Crippen molar-refractivity contribution in [2.75, 3.05) is 7.11 Å². The van der Waals surface area contributed by atoms with Crippen molar-refractivity contribution in [1.82, 2.24) is 9.88 Å². The van der Waals surface area contributed by atoms with Crippen molar-refractivity contribution in [2.45, 2.75) is 70.9 Å². The van der Waals surface area contributed by atoms with Gasteiger partial charge in [-0.3, -0.25) is 4.79 Å². The molecule has 1 aromatic carbocycles. The van der Waals surface area contributed by atoms with Gasteiger partial charge in [0.1, 0.15) is 6.26 Å². The first-order valence-corrected chi connectivity index (χ1v) is 10.2. The van der Waals surface area contributed by atoms with Gasteiger partial charge in [0.2, 0.25) is 5.89 Å². The molecule has 3 rings (SSSR count). The summed E-state index contributed by atoms with van der Waals surface area (Å²) in [5, 5.41) is 0. The molecule has 0 radical (unpaired) electrons. The predicted octanol–water partition coefficient (Wildman–Crippen LogP) is 4.73. The van der Waals surface area contributed by atoms with E-state index in [0.717, 1.165) is 25.7 Å². The van der Waals surface area contributed by atoms with Crippen LogP contribution in [-0.2, 0) is 16.7 Å². The van der Waals surface area contributed by atoms with Gasteiger partial charge in [-0.25, -0.2) is 9.78 Å². The number of nitrogens with zero attached hydrogens (tertiary/aromatic N) is 2. The molecule has 156 valence electrons. The first kappa shape index (κ1) is 21.1. The van der Waals surface area contributed by atoms with Gasteiger partial charge in [0.05, 0.1) is 13.7 Å². The molecule has 6 nitrogen and oxygen atoms in total. The number of aromatic nitrogens is 1. The summed E-state index contributed by atoms with van der Waals surface area (Å²) in [6.45, 7) is 6.69. The fourth-order valence-electron chi connectivity index (χ4n) is 3.77. The van der Waals surface area contributed by atoms with Crippen LogP contribution >= 0.6 is 0 Å². The van der Waals surface area contributed by atoms with Gasteiger partial charge in [-0.05, 0) is 36.0 Å². The highest BCUT2D eigenvalue weighted by atomic mass is 16.5. The van der Waals surface area contributed by atoms with Gasteiger partial charge in [-0.15, -0.1) is 0 Å². The Morgan fingerprint density at radius 1 is 1.14 bits per heavy atom. The van der Waals surface area contributed by atoms with E-state index >= 15 is 0 Å². The lowest BCUT2D eigenvalue weighted by molar-refractivity contribution is 0.0590. The first-order chi connectivity index (χ1) is 13.8. The average Bonchev–Trinajstić information content (AvgIpc) is 3.20. The maximum atomic E-state index is 13.4. The summed E-state index contributed by atoms with van der Waals surface area (Å²) in [4.78, 5) is 31.1. The van der Waals surface area contributed by atoms with E-state index in [1.54, 1.807) is 0 Å². The molecular formula is C23H30N2O4. The lowest BCUT2D eigenvalue weighted by atomic mass is 9.86. The molecule has 0 unspecified atom stereocenters. The number of hydrogen-bond donors (Lipinski definition) is 0. The molecule has 1 amide bonds. The zero-order valence-corrected chi connectivity index (χ0v) is 17.7. The van der Waals surface area contributed by atoms with Crippen molar-refractivity contribution in [2.24, 2.45) is 0 Å². The van der Waals surface area contributed by atoms with Crippen LogP contribution in [-0.4, -0.2) is 34.9 Å². The summed E-state index contributed by atoms with van der Waals surface area (Å²) < 4.78 is 10.1. The number of oxazole rings is 1. The Labute approximate surface area is 172 Å². The molecule has 0 aliphatic heterocycles. The number of amides is 1. The van der Waals surface area contributed by atoms with Gasteiger partial charge in [0.15, 0.2) is 5.69 Å². The predicted molar refractivity (Wildman–Crippen MR) is 110 cm³/mol. The highest BCUT2D eigenvalue weighted by Gasteiger charge is 2.28. The second-order valence-electron chi connectivity index (χ2n) is 8.67. The fraction of sp³-hybridized carbons (Fsp3) is 0.522. The van der Waals surface area contributed by atoms with E-state index in [9.17, 15) is 9.59 Å². The van der Waals surface area contributed by atoms with Crippen LogP contribution in [0.2, 0.25) is 0 Å². The highest BCUT2D eigenvalue weighted by molar-refractivity contribution is 5.94. The van der Waals surface area contributed by atoms with Crippen LogP contribution in [0.15, 0.2) is 34.9 Å². The molecule has 0 spiro atoms. The van der Waals surface area contributed by atoms with Crippen LogP contribution in [0.25, 0.3) is 0 Å². The minimum Gasteiger partial charge on any atom is -0.464 e. The van der Waals surface area contributed by atoms with Crippen molar-refractivity contribution in [1.29, 1.82) is 0 Å². The van der Waals surface area contributed by atoms with Crippen LogP contribution in [0.5, 0.6) is 0 Å². The second kappa shape index (κ2) is 8.80. The zero-order valence-electron chi connectivity index (χ0n) is 17.7. The van der Waals surface area contributed by atoms with Crippen molar-refractivity contribution in [3.63, 3.8) is 0 Å². The minimum absolute atomic E-state index is 0.0322. The van der Waals surface area contributed by atoms with E-state index in [2.05, 4.69) is 30.5 Å². The average molecular weight is 399 g/mol. The van der Waals surface area contributed by atoms with Gasteiger partial charge in [-0.1, -0.05) is 52.2 Å². The molecule has 1 aliphatic rings. The SMILES string of the molecule is COC(=O)c1coc(CN(C(=O)c2ccc(C(C)(C)C)cc2)C2CCCCC2)n1. The smallest absolute Gasteiger partial charge is 0.360 e. The van der Waals surface area contributed by atoms with Crippen LogP contribution in [0, 0.1) is 0 Å². The molecule has 0 bridgehead atoms. The Balaban J connectivity index is 1.83. The maximum Gasteiger partial charge on any atom is 0.360 e. The molecule has 2 aromatic rings. The van der Waals surface area contributed by atoms with Gasteiger partial charge in [-0.2, -0.15) is 0 Å². The van der Waals surface area contributed by atoms with E-state index in [0.29, 0.717) is 11.5 Å². The quantitative estimate of drug-likeness (QED) is 0.681. The monoisotopic (exact) mass is 398 g/mol. The van der Waals surface area contributed by atoms with Crippen molar-refractivity contribution < 1.29 is 18.7 Å². The Bertz CT molecular complexity index is 843. The standard InChI is InChI=1S/C23H30N2O4/c1-23(2,3)17-12-10-16(11-13-17)21(26)25(18-8-6-5-7-9-18)14-20-24-19(15-29-20)22(27)28-4/h10-13,15,18H,5-9,14H2,1-4H3. The van der Waals surface area contributed by atoms with Gasteiger partial charge in [0, 0.05) is 11.6 Å². The molecule has 1 aliphatic carbocycles. The topological polar surface area (TPSA) is 72.6 Å². The number of ether oxygens (including phenoxy) is 1. The van der Waals surface area contributed by atoms with E-state index in [1.165, 1.54) is 25.4 Å². The number of carbonyl (C=O) groups is 2. The van der Waals surface area contributed by atoms with Gasteiger partial charge < -0.3 is 14.1 Å². The third-order valence-electron chi connectivity index (χ3n) is 5.53. The number of esters is 1. The molecule has 0 atom stereocenters. The van der Waals surface area contributed by atoms with Crippen LogP contribution in [0.3, 0.4) is 0 Å². The maximum absolute atomic E-state index is 13.4. The summed E-state index contributed by atoms with van der Waals surface area (Å²) >= 11 is 0. The van der Waals surface area contributed by atoms with Crippen molar-refractivity contribution in [3.05, 3.63) is 53.2 Å². The summed E-state index contributed by atoms with van der Waals surface area (Å²) in [7, 11) is 1.30. The molecule has 29 heavy (non-hydrogen) atoms. The van der Waals surface area contributed by atoms with Crippen LogP contribution in [0.1, 0.15) is 85.2 Å². The van der Waals surface area contributed by atoms with E-state index in [4.69, 9.17) is 4.42 Å². The highest BCUT2D eigenvalue weighted by Crippen LogP contribution is 2.27. The zero-order chi connectivity index (χ0) is 21.0. The summed E-state index contributed by atoms with van der Waals surface area (Å²) in [5.41, 5.74) is 2.00. The lowest BCUT2D eigenvalue weighted by Gasteiger charge is -2.33. The summed E-state index contributed by atoms with van der Waals surface area (Å²) in [6.07, 6.45) is 6.63. The van der Waals surface area contributed by atoms with Crippen LogP contribution in [0.4, 0.5) is 0 Å². The Hall–Kier alpha value is -2.63. The Kier molecular flexibility index (Phi) is 6.40. The molecule has 1 fully saturated rings. The molecule has 1 heterocycles. The largest absolute Gasteiger partial charge is 0.464 e. The number of hydrogen-bond acceptors (Lipinski definition) is 5. The molecule has 1 saturated carbocycles. The number of rotatable bonds is 5. The molecule has 6 heteroatoms. The van der Waals surface area contributed by atoms with E-state index in [1.807, 2.05) is 29.2 Å². The summed E-state index contributed by atoms with van der Waals surface area (Å²) in [6, 6.07) is 7.98. The van der Waals surface area contributed by atoms with Crippen LogP contribution < -0.4 is 0 Å². The minimum atomic E-state index is -0.548. The molecule has 1 aromatic heterocycles. The Morgan fingerprint density at radius 3 is 2.38 bits per heavy atom. The van der Waals surface area contributed by atoms with Gasteiger partial charge >= 0.3 is 5.97 Å². The Morgan fingerprint density at radius 2 is 1.79 bits per heavy atom. The molecule has 0 saturated heterocycles. The number of benzene rings is 1. The number of methoxy groups -OCH3 is 1. The fourth-order valence-corrected chi connectivity index (χ4v) is 3.77. The second-order valence-corrected chi connectivity index (χ2v) is 8.67. The van der Waals surface area contributed by atoms with Gasteiger partial charge in [0.25, 0.3) is 5.91 Å². The van der Waals surface area contributed by atoms with Crippen molar-refractivity contribution >= 4 is 11.9 Å². The molecule has 0 N–H and O–H groups in total.